The molecule has 6 heteroatoms. The molecule has 0 fully saturated rings. The number of hydrogen-bond donors (Lipinski definition) is 2. The van der Waals surface area contributed by atoms with E-state index in [4.69, 9.17) is 0 Å². The number of carbonyl (C=O) groups is 1. The van der Waals surface area contributed by atoms with E-state index in [1.54, 1.807) is 6.07 Å². The summed E-state index contributed by atoms with van der Waals surface area (Å²) in [6.45, 7) is 1.87. The van der Waals surface area contributed by atoms with Gasteiger partial charge in [0.1, 0.15) is 0 Å². The molecule has 1 amide bonds. The molecule has 0 unspecified atom stereocenters. The molecule has 3 nitrogen and oxygen atoms in total. The monoisotopic (exact) mass is 322 g/mol. The SMILES string of the molecule is CCc1ccccc1NC(=O)CNc1cccc(C(F)(F)F)c1. The van der Waals surface area contributed by atoms with Gasteiger partial charge in [-0.25, -0.2) is 0 Å². The van der Waals surface area contributed by atoms with Crippen molar-refractivity contribution in [3.8, 4) is 0 Å². The van der Waals surface area contributed by atoms with E-state index in [0.29, 0.717) is 5.69 Å². The van der Waals surface area contributed by atoms with Gasteiger partial charge in [0.25, 0.3) is 0 Å². The van der Waals surface area contributed by atoms with Crippen molar-refractivity contribution in [3.05, 3.63) is 59.7 Å². The van der Waals surface area contributed by atoms with E-state index in [9.17, 15) is 18.0 Å². The van der Waals surface area contributed by atoms with Gasteiger partial charge in [0.05, 0.1) is 12.1 Å². The third-order valence-electron chi connectivity index (χ3n) is 3.32. The maximum Gasteiger partial charge on any atom is 0.416 e. The summed E-state index contributed by atoms with van der Waals surface area (Å²) in [4.78, 5) is 11.9. The standard InChI is InChI=1S/C17H17F3N2O/c1-2-12-6-3-4-9-15(12)22-16(23)11-21-14-8-5-7-13(10-14)17(18,19)20/h3-10,21H,2,11H2,1H3,(H,22,23). The van der Waals surface area contributed by atoms with Crippen LogP contribution in [0.25, 0.3) is 0 Å². The van der Waals surface area contributed by atoms with Crippen molar-refractivity contribution in [2.45, 2.75) is 19.5 Å². The first kappa shape index (κ1) is 16.9. The zero-order valence-electron chi connectivity index (χ0n) is 12.6. The number of hydrogen-bond acceptors (Lipinski definition) is 2. The van der Waals surface area contributed by atoms with Crippen LogP contribution < -0.4 is 10.6 Å². The van der Waals surface area contributed by atoms with Gasteiger partial charge in [-0.2, -0.15) is 13.2 Å². The summed E-state index contributed by atoms with van der Waals surface area (Å²) < 4.78 is 37.9. The molecule has 0 saturated carbocycles. The summed E-state index contributed by atoms with van der Waals surface area (Å²) in [6.07, 6.45) is -3.63. The van der Waals surface area contributed by atoms with Gasteiger partial charge in [-0.3, -0.25) is 4.79 Å². The summed E-state index contributed by atoms with van der Waals surface area (Å²) in [6, 6.07) is 12.2. The summed E-state index contributed by atoms with van der Waals surface area (Å²) >= 11 is 0. The molecule has 23 heavy (non-hydrogen) atoms. The van der Waals surface area contributed by atoms with Crippen LogP contribution in [-0.4, -0.2) is 12.5 Å². The Morgan fingerprint density at radius 3 is 2.52 bits per heavy atom. The number of carbonyl (C=O) groups excluding carboxylic acids is 1. The largest absolute Gasteiger partial charge is 0.416 e. The van der Waals surface area contributed by atoms with E-state index in [1.165, 1.54) is 12.1 Å². The molecule has 0 aliphatic carbocycles. The third kappa shape index (κ3) is 4.74. The fraction of sp³-hybridized carbons (Fsp3) is 0.235. The van der Waals surface area contributed by atoms with Crippen molar-refractivity contribution in [1.82, 2.24) is 0 Å². The highest BCUT2D eigenvalue weighted by molar-refractivity contribution is 5.94. The van der Waals surface area contributed by atoms with Crippen LogP contribution in [0.1, 0.15) is 18.1 Å². The van der Waals surface area contributed by atoms with E-state index in [-0.39, 0.29) is 18.1 Å². The van der Waals surface area contributed by atoms with Crippen molar-refractivity contribution < 1.29 is 18.0 Å². The van der Waals surface area contributed by atoms with E-state index in [1.807, 2.05) is 25.1 Å². The molecule has 122 valence electrons. The fourth-order valence-electron chi connectivity index (χ4n) is 2.13. The van der Waals surface area contributed by atoms with Gasteiger partial charge in [0.15, 0.2) is 0 Å². The molecule has 2 aromatic carbocycles. The number of alkyl halides is 3. The van der Waals surface area contributed by atoms with Crippen molar-refractivity contribution in [2.24, 2.45) is 0 Å². The number of benzene rings is 2. The Bertz CT molecular complexity index is 684. The van der Waals surface area contributed by atoms with E-state index < -0.39 is 11.7 Å². The van der Waals surface area contributed by atoms with Crippen LogP contribution in [0.2, 0.25) is 0 Å². The van der Waals surface area contributed by atoms with Crippen molar-refractivity contribution in [1.29, 1.82) is 0 Å². The fourth-order valence-corrected chi connectivity index (χ4v) is 2.13. The highest BCUT2D eigenvalue weighted by Gasteiger charge is 2.30. The molecule has 0 aliphatic rings. The smallest absolute Gasteiger partial charge is 0.376 e. The molecule has 2 rings (SSSR count). The first-order valence-corrected chi connectivity index (χ1v) is 7.19. The van der Waals surface area contributed by atoms with Crippen LogP contribution >= 0.6 is 0 Å². The quantitative estimate of drug-likeness (QED) is 0.861. The Kier molecular flexibility index (Phi) is 5.26. The Morgan fingerprint density at radius 1 is 1.09 bits per heavy atom. The zero-order chi connectivity index (χ0) is 16.9. The molecule has 0 radical (unpaired) electrons. The highest BCUT2D eigenvalue weighted by Crippen LogP contribution is 2.30. The van der Waals surface area contributed by atoms with Crippen LogP contribution in [0.3, 0.4) is 0 Å². The summed E-state index contributed by atoms with van der Waals surface area (Å²) in [7, 11) is 0. The zero-order valence-corrected chi connectivity index (χ0v) is 12.6. The van der Waals surface area contributed by atoms with Crippen LogP contribution in [0.4, 0.5) is 24.5 Å². The lowest BCUT2D eigenvalue weighted by Crippen LogP contribution is -2.22. The minimum atomic E-state index is -4.40. The van der Waals surface area contributed by atoms with E-state index in [2.05, 4.69) is 10.6 Å². The number of nitrogens with one attached hydrogen (secondary N) is 2. The molecule has 2 aromatic rings. The second-order valence-corrected chi connectivity index (χ2v) is 4.99. The van der Waals surface area contributed by atoms with Gasteiger partial charge >= 0.3 is 6.18 Å². The molecular weight excluding hydrogens is 305 g/mol. The summed E-state index contributed by atoms with van der Waals surface area (Å²) in [5.74, 6) is -0.316. The second kappa shape index (κ2) is 7.17. The van der Waals surface area contributed by atoms with E-state index >= 15 is 0 Å². The van der Waals surface area contributed by atoms with Gasteiger partial charge in [-0.05, 0) is 36.2 Å². The molecule has 0 atom stereocenters. The van der Waals surface area contributed by atoms with Gasteiger partial charge in [-0.15, -0.1) is 0 Å². The van der Waals surface area contributed by atoms with Crippen LogP contribution in [0.15, 0.2) is 48.5 Å². The van der Waals surface area contributed by atoms with Crippen molar-refractivity contribution >= 4 is 17.3 Å². The first-order valence-electron chi connectivity index (χ1n) is 7.19. The lowest BCUT2D eigenvalue weighted by molar-refractivity contribution is -0.137. The highest BCUT2D eigenvalue weighted by atomic mass is 19.4. The van der Waals surface area contributed by atoms with Crippen LogP contribution in [-0.2, 0) is 17.4 Å². The normalized spacial score (nSPS) is 11.1. The van der Waals surface area contributed by atoms with Crippen molar-refractivity contribution in [2.75, 3.05) is 17.2 Å². The lowest BCUT2D eigenvalue weighted by atomic mass is 10.1. The Labute approximate surface area is 132 Å². The average molecular weight is 322 g/mol. The topological polar surface area (TPSA) is 41.1 Å². The third-order valence-corrected chi connectivity index (χ3v) is 3.32. The molecule has 2 N–H and O–H groups in total. The first-order chi connectivity index (χ1) is 10.9. The van der Waals surface area contributed by atoms with Gasteiger partial charge in [0.2, 0.25) is 5.91 Å². The molecule has 0 aliphatic heterocycles. The van der Waals surface area contributed by atoms with Gasteiger partial charge in [-0.1, -0.05) is 31.2 Å². The Balaban J connectivity index is 1.97. The molecule has 0 heterocycles. The van der Waals surface area contributed by atoms with Crippen LogP contribution in [0, 0.1) is 0 Å². The average Bonchev–Trinajstić information content (AvgIpc) is 2.53. The van der Waals surface area contributed by atoms with Crippen LogP contribution in [0.5, 0.6) is 0 Å². The van der Waals surface area contributed by atoms with E-state index in [0.717, 1.165) is 24.1 Å². The maximum absolute atomic E-state index is 12.6. The molecule has 0 spiro atoms. The van der Waals surface area contributed by atoms with Gasteiger partial charge < -0.3 is 10.6 Å². The molecule has 0 aromatic heterocycles. The number of rotatable bonds is 5. The summed E-state index contributed by atoms with van der Waals surface area (Å²) in [5, 5.41) is 5.46. The minimum Gasteiger partial charge on any atom is -0.376 e. The van der Waals surface area contributed by atoms with Gasteiger partial charge in [0, 0.05) is 11.4 Å². The Hall–Kier alpha value is -2.50. The number of anilines is 2. The predicted molar refractivity (Wildman–Crippen MR) is 84.4 cm³/mol. The lowest BCUT2D eigenvalue weighted by Gasteiger charge is -2.12. The molecular formula is C17H17F3N2O. The molecule has 0 bridgehead atoms. The number of para-hydroxylation sites is 1. The summed E-state index contributed by atoms with van der Waals surface area (Å²) in [5.41, 5.74) is 1.21. The predicted octanol–water partition coefficient (Wildman–Crippen LogP) is 4.32. The number of halogens is 3. The second-order valence-electron chi connectivity index (χ2n) is 4.99. The number of aryl methyl sites for hydroxylation is 1. The Morgan fingerprint density at radius 2 is 1.83 bits per heavy atom. The maximum atomic E-state index is 12.6. The number of amides is 1. The molecule has 0 saturated heterocycles. The minimum absolute atomic E-state index is 0.112. The van der Waals surface area contributed by atoms with Crippen molar-refractivity contribution in [3.63, 3.8) is 0 Å².